The molecule has 1 aromatic heterocycles. The molecule has 5 heteroatoms. The quantitative estimate of drug-likeness (QED) is 0.833. The topological polar surface area (TPSA) is 78.1 Å². The highest BCUT2D eigenvalue weighted by molar-refractivity contribution is 5.95. The lowest BCUT2D eigenvalue weighted by molar-refractivity contribution is 0.0526. The van der Waals surface area contributed by atoms with E-state index in [0.29, 0.717) is 24.5 Å². The number of rotatable bonds is 3. The van der Waals surface area contributed by atoms with Crippen LogP contribution in [0.4, 0.5) is 5.82 Å². The second-order valence-electron chi connectivity index (χ2n) is 5.44. The Morgan fingerprint density at radius 2 is 1.94 bits per heavy atom. The zero-order valence-electron chi connectivity index (χ0n) is 11.7. The van der Waals surface area contributed by atoms with Crippen LogP contribution in [0.25, 0.3) is 0 Å². The molecule has 1 aromatic rings. The second-order valence-corrected chi connectivity index (χ2v) is 5.44. The van der Waals surface area contributed by atoms with Crippen molar-refractivity contribution < 1.29 is 9.53 Å². The summed E-state index contributed by atoms with van der Waals surface area (Å²) in [6.07, 6.45) is 0.709. The molecule has 0 bridgehead atoms. The van der Waals surface area contributed by atoms with Crippen LogP contribution in [0.3, 0.4) is 0 Å². The predicted molar refractivity (Wildman–Crippen MR) is 70.3 cm³/mol. The maximum atomic E-state index is 11.7. The molecule has 0 aliphatic rings. The Bertz CT molecular complexity index is 427. The van der Waals surface area contributed by atoms with Gasteiger partial charge in [-0.25, -0.2) is 14.8 Å². The Morgan fingerprint density at radius 1 is 1.33 bits per heavy atom. The fourth-order valence-corrected chi connectivity index (χ4v) is 1.66. The summed E-state index contributed by atoms with van der Waals surface area (Å²) in [5, 5.41) is 0. The number of aromatic nitrogens is 2. The molecule has 0 aliphatic carbocycles. The highest BCUT2D eigenvalue weighted by Crippen LogP contribution is 2.21. The van der Waals surface area contributed by atoms with Crippen LogP contribution in [0, 0.1) is 12.3 Å². The van der Waals surface area contributed by atoms with Crippen molar-refractivity contribution in [3.63, 3.8) is 0 Å². The van der Waals surface area contributed by atoms with Crippen molar-refractivity contribution >= 4 is 11.8 Å². The van der Waals surface area contributed by atoms with Gasteiger partial charge in [0.05, 0.1) is 12.3 Å². The van der Waals surface area contributed by atoms with Crippen LogP contribution in [0.1, 0.15) is 49.6 Å². The molecule has 0 radical (unpaired) electrons. The summed E-state index contributed by atoms with van der Waals surface area (Å²) >= 11 is 0. The largest absolute Gasteiger partial charge is 0.462 e. The van der Waals surface area contributed by atoms with Crippen LogP contribution in [-0.4, -0.2) is 22.5 Å². The van der Waals surface area contributed by atoms with Gasteiger partial charge in [0, 0.05) is 6.42 Å². The fraction of sp³-hybridized carbons (Fsp3) is 0.615. The van der Waals surface area contributed by atoms with E-state index in [1.807, 2.05) is 0 Å². The van der Waals surface area contributed by atoms with Gasteiger partial charge in [-0.1, -0.05) is 20.8 Å². The monoisotopic (exact) mass is 251 g/mol. The third kappa shape index (κ3) is 3.68. The average Bonchev–Trinajstić information content (AvgIpc) is 2.13. The summed E-state index contributed by atoms with van der Waals surface area (Å²) in [5.41, 5.74) is 6.74. The predicted octanol–water partition coefficient (Wildman–Crippen LogP) is 2.13. The van der Waals surface area contributed by atoms with E-state index in [0.717, 1.165) is 0 Å². The van der Waals surface area contributed by atoms with E-state index in [2.05, 4.69) is 30.7 Å². The molecular weight excluding hydrogens is 230 g/mol. The highest BCUT2D eigenvalue weighted by Gasteiger charge is 2.20. The molecule has 1 rings (SSSR count). The number of aryl methyl sites for hydroxylation is 1. The maximum Gasteiger partial charge on any atom is 0.343 e. The number of nitrogens with zero attached hydrogens (tertiary/aromatic N) is 2. The molecule has 0 atom stereocenters. The summed E-state index contributed by atoms with van der Waals surface area (Å²) in [7, 11) is 0. The molecule has 100 valence electrons. The molecule has 2 N–H and O–H groups in total. The minimum absolute atomic E-state index is 0.0737. The summed E-state index contributed by atoms with van der Waals surface area (Å²) in [6, 6.07) is 0. The van der Waals surface area contributed by atoms with Gasteiger partial charge in [-0.15, -0.1) is 0 Å². The Morgan fingerprint density at radius 3 is 2.39 bits per heavy atom. The smallest absolute Gasteiger partial charge is 0.343 e. The molecule has 1 heterocycles. The number of hydrogen-bond acceptors (Lipinski definition) is 5. The molecule has 0 aromatic carbocycles. The minimum Gasteiger partial charge on any atom is -0.462 e. The maximum absolute atomic E-state index is 11.7. The van der Waals surface area contributed by atoms with Crippen LogP contribution in [0.15, 0.2) is 0 Å². The van der Waals surface area contributed by atoms with Gasteiger partial charge < -0.3 is 10.5 Å². The molecule has 0 unspecified atom stereocenters. The number of ether oxygens (including phenoxy) is 1. The van der Waals surface area contributed by atoms with Gasteiger partial charge in [-0.2, -0.15) is 0 Å². The fourth-order valence-electron chi connectivity index (χ4n) is 1.66. The highest BCUT2D eigenvalue weighted by atomic mass is 16.5. The molecule has 0 saturated heterocycles. The lowest BCUT2D eigenvalue weighted by Gasteiger charge is -2.18. The number of hydrogen-bond donors (Lipinski definition) is 1. The molecular formula is C13H21N3O2. The zero-order chi connectivity index (χ0) is 13.9. The van der Waals surface area contributed by atoms with E-state index in [9.17, 15) is 4.79 Å². The van der Waals surface area contributed by atoms with Gasteiger partial charge in [0.1, 0.15) is 17.2 Å². The summed E-state index contributed by atoms with van der Waals surface area (Å²) in [4.78, 5) is 20.2. The third-order valence-electron chi connectivity index (χ3n) is 2.33. The average molecular weight is 251 g/mol. The van der Waals surface area contributed by atoms with Crippen molar-refractivity contribution in [1.29, 1.82) is 0 Å². The first kappa shape index (κ1) is 14.4. The number of carbonyl (C=O) groups is 1. The minimum atomic E-state index is -0.463. The van der Waals surface area contributed by atoms with Crippen LogP contribution < -0.4 is 5.73 Å². The Balaban J connectivity index is 3.09. The SMILES string of the molecule is CCOC(=O)c1c(C)nc(CC(C)(C)C)nc1N. The lowest BCUT2D eigenvalue weighted by Crippen LogP contribution is -2.18. The Hall–Kier alpha value is -1.65. The van der Waals surface area contributed by atoms with Gasteiger partial charge in [-0.05, 0) is 19.3 Å². The van der Waals surface area contributed by atoms with E-state index in [1.54, 1.807) is 13.8 Å². The van der Waals surface area contributed by atoms with E-state index in [4.69, 9.17) is 10.5 Å². The normalized spacial score (nSPS) is 11.4. The van der Waals surface area contributed by atoms with E-state index in [-0.39, 0.29) is 16.8 Å². The van der Waals surface area contributed by atoms with Crippen molar-refractivity contribution in [2.45, 2.75) is 41.0 Å². The standard InChI is InChI=1S/C13H21N3O2/c1-6-18-12(17)10-8(2)15-9(16-11(10)14)7-13(3,4)5/h6-7H2,1-5H3,(H2,14,15,16). The number of nitrogens with two attached hydrogens (primary N) is 1. The van der Waals surface area contributed by atoms with Crippen molar-refractivity contribution in [3.8, 4) is 0 Å². The van der Waals surface area contributed by atoms with Crippen molar-refractivity contribution in [3.05, 3.63) is 17.1 Å². The summed E-state index contributed by atoms with van der Waals surface area (Å²) < 4.78 is 4.93. The molecule has 18 heavy (non-hydrogen) atoms. The van der Waals surface area contributed by atoms with Gasteiger partial charge in [0.15, 0.2) is 0 Å². The first-order valence-electron chi connectivity index (χ1n) is 6.04. The third-order valence-corrected chi connectivity index (χ3v) is 2.33. The zero-order valence-corrected chi connectivity index (χ0v) is 11.7. The summed E-state index contributed by atoms with van der Waals surface area (Å²) in [5.74, 6) is 0.389. The number of nitrogen functional groups attached to an aromatic ring is 1. The van der Waals surface area contributed by atoms with Crippen LogP contribution in [-0.2, 0) is 11.2 Å². The Labute approximate surface area is 108 Å². The molecule has 0 saturated carbocycles. The number of esters is 1. The summed E-state index contributed by atoms with van der Waals surface area (Å²) in [6.45, 7) is 10.1. The molecule has 5 nitrogen and oxygen atoms in total. The molecule has 0 amide bonds. The van der Waals surface area contributed by atoms with E-state index >= 15 is 0 Å². The van der Waals surface area contributed by atoms with Crippen molar-refractivity contribution in [1.82, 2.24) is 9.97 Å². The Kier molecular flexibility index (Phi) is 4.27. The van der Waals surface area contributed by atoms with Crippen molar-refractivity contribution in [2.24, 2.45) is 5.41 Å². The lowest BCUT2D eigenvalue weighted by atomic mass is 9.92. The van der Waals surface area contributed by atoms with Crippen LogP contribution >= 0.6 is 0 Å². The van der Waals surface area contributed by atoms with E-state index < -0.39 is 5.97 Å². The van der Waals surface area contributed by atoms with Gasteiger partial charge in [0.2, 0.25) is 0 Å². The number of anilines is 1. The van der Waals surface area contributed by atoms with Crippen molar-refractivity contribution in [2.75, 3.05) is 12.3 Å². The number of carbonyl (C=O) groups excluding carboxylic acids is 1. The van der Waals surface area contributed by atoms with Crippen LogP contribution in [0.5, 0.6) is 0 Å². The van der Waals surface area contributed by atoms with Crippen LogP contribution in [0.2, 0.25) is 0 Å². The second kappa shape index (κ2) is 5.33. The van der Waals surface area contributed by atoms with E-state index in [1.165, 1.54) is 0 Å². The van der Waals surface area contributed by atoms with Gasteiger partial charge in [0.25, 0.3) is 0 Å². The molecule has 0 aliphatic heterocycles. The van der Waals surface area contributed by atoms with Gasteiger partial charge >= 0.3 is 5.97 Å². The first-order valence-corrected chi connectivity index (χ1v) is 6.04. The molecule has 0 fully saturated rings. The first-order chi connectivity index (χ1) is 8.24. The van der Waals surface area contributed by atoms with Gasteiger partial charge in [-0.3, -0.25) is 0 Å². The molecule has 0 spiro atoms.